The van der Waals surface area contributed by atoms with Crippen molar-refractivity contribution < 1.29 is 19.5 Å². The molecule has 13 aromatic rings. The molecule has 0 saturated heterocycles. The topological polar surface area (TPSA) is 21.3 Å². The van der Waals surface area contributed by atoms with E-state index in [0.717, 1.165) is 65.7 Å². The quantitative estimate of drug-likeness (QED) is 0.159. The van der Waals surface area contributed by atoms with Gasteiger partial charge in [0.25, 0.3) is 0 Å². The molecule has 0 N–H and O–H groups in total. The molecule has 11 aromatic carbocycles. The number of fused-ring (bicyclic) bond motifs is 9. The normalized spacial score (nSPS) is 14.1. The lowest BCUT2D eigenvalue weighted by molar-refractivity contribution is 0.674. The maximum Gasteiger partial charge on any atom is 0.143 e. The molecule has 0 saturated carbocycles. The molecule has 65 heavy (non-hydrogen) atoms. The van der Waals surface area contributed by atoms with Gasteiger partial charge in [-0.2, -0.15) is 0 Å². The molecule has 0 aliphatic rings. The monoisotopic (exact) mass is 839 g/mol. The van der Waals surface area contributed by atoms with Gasteiger partial charge in [-0.3, -0.25) is 0 Å². The third kappa shape index (κ3) is 6.05. The van der Waals surface area contributed by atoms with Gasteiger partial charge in [-0.15, -0.1) is 0 Å². The second-order valence-electron chi connectivity index (χ2n) is 16.0. The van der Waals surface area contributed by atoms with Crippen molar-refractivity contribution in [2.24, 2.45) is 0 Å². The van der Waals surface area contributed by atoms with Crippen LogP contribution < -0.4 is 4.90 Å². The van der Waals surface area contributed by atoms with Crippen LogP contribution in [0.3, 0.4) is 0 Å². The highest BCUT2D eigenvalue weighted by Gasteiger charge is 2.22. The molecule has 13 rings (SSSR count). The fraction of sp³-hybridized carbons (Fsp3) is 0. The lowest BCUT2D eigenvalue weighted by Crippen LogP contribution is -2.11. The third-order valence-corrected chi connectivity index (χ3v) is 12.4. The van der Waals surface area contributed by atoms with Crippen LogP contribution in [0.5, 0.6) is 0 Å². The fourth-order valence-corrected chi connectivity index (χ4v) is 9.39. The molecule has 304 valence electrons. The van der Waals surface area contributed by atoms with Gasteiger partial charge in [0.05, 0.1) is 31.8 Å². The summed E-state index contributed by atoms with van der Waals surface area (Å²) in [7, 11) is 0. The van der Waals surface area contributed by atoms with Gasteiger partial charge in [-0.1, -0.05) is 182 Å². The summed E-state index contributed by atoms with van der Waals surface area (Å²) in [6, 6.07) is 51.4. The van der Waals surface area contributed by atoms with Crippen molar-refractivity contribution in [3.63, 3.8) is 0 Å². The molecule has 0 unspecified atom stereocenters. The summed E-state index contributed by atoms with van der Waals surface area (Å²) < 4.78 is 109. The fourth-order valence-electron chi connectivity index (χ4n) is 9.39. The third-order valence-electron chi connectivity index (χ3n) is 12.4. The van der Waals surface area contributed by atoms with Crippen molar-refractivity contribution in [3.8, 4) is 39.1 Å². The molecular weight excluding hydrogens is 789 g/mol. The molecule has 2 heterocycles. The smallest absolute Gasteiger partial charge is 0.143 e. The van der Waals surface area contributed by atoms with Crippen LogP contribution in [0.2, 0.25) is 0 Å². The summed E-state index contributed by atoms with van der Waals surface area (Å²) in [6.45, 7) is 0. The van der Waals surface area contributed by atoms with Gasteiger partial charge < -0.3 is 13.9 Å². The van der Waals surface area contributed by atoms with E-state index in [9.17, 15) is 5.48 Å². The van der Waals surface area contributed by atoms with Crippen LogP contribution in [-0.2, 0) is 0 Å². The van der Waals surface area contributed by atoms with E-state index in [1.165, 1.54) is 0 Å². The second kappa shape index (κ2) is 15.0. The Morgan fingerprint density at radius 2 is 1.03 bits per heavy atom. The number of hydrogen-bond acceptors (Lipinski definition) is 2. The van der Waals surface area contributed by atoms with Crippen molar-refractivity contribution >= 4 is 82.4 Å². The average molecular weight is 840 g/mol. The summed E-state index contributed by atoms with van der Waals surface area (Å²) >= 11 is 0. The number of para-hydroxylation sites is 4. The summed E-state index contributed by atoms with van der Waals surface area (Å²) in [4.78, 5) is 1.68. The zero-order valence-corrected chi connectivity index (χ0v) is 34.5. The number of nitrogens with zero attached hydrogens (tertiary/aromatic N) is 2. The first-order chi connectivity index (χ1) is 36.8. The Morgan fingerprint density at radius 1 is 0.369 bits per heavy atom. The standard InChI is InChI=1S/C62H40N2O/c1-3-19-49-42(14-1)16-12-24-50(49)44-32-37-47(38-33-44)63(58-27-8-7-23-54(58)55-25-13-26-56-57-39-34-43-15-2-4-20-51(43)61(57)65-62(55)56)46-35-30-41(31-36-46)45-17-11-18-48(40-45)64-59-28-9-5-21-52(59)53-22-6-10-29-60(53)64/h1-40H/i1D,3D,12D,14D,16D,19D,24D,32D,33D,37D,38D. The second-order valence-corrected chi connectivity index (χ2v) is 16.0. The van der Waals surface area contributed by atoms with Crippen LogP contribution in [-0.4, -0.2) is 4.57 Å². The van der Waals surface area contributed by atoms with E-state index in [0.29, 0.717) is 28.1 Å². The first-order valence-electron chi connectivity index (χ1n) is 26.9. The lowest BCUT2D eigenvalue weighted by atomic mass is 9.97. The Morgan fingerprint density at radius 3 is 1.86 bits per heavy atom. The highest BCUT2D eigenvalue weighted by molar-refractivity contribution is 6.18. The van der Waals surface area contributed by atoms with Gasteiger partial charge in [0, 0.05) is 55.1 Å². The van der Waals surface area contributed by atoms with Crippen LogP contribution in [0, 0.1) is 0 Å². The molecule has 0 aliphatic heterocycles. The van der Waals surface area contributed by atoms with Crippen molar-refractivity contribution in [3.05, 3.63) is 242 Å². The van der Waals surface area contributed by atoms with E-state index in [-0.39, 0.29) is 16.5 Å². The lowest BCUT2D eigenvalue weighted by Gasteiger charge is -2.28. The molecule has 3 nitrogen and oxygen atoms in total. The predicted molar refractivity (Wildman–Crippen MR) is 274 cm³/mol. The van der Waals surface area contributed by atoms with Crippen LogP contribution in [0.15, 0.2) is 247 Å². The van der Waals surface area contributed by atoms with Gasteiger partial charge in [0.15, 0.2) is 0 Å². The average Bonchev–Trinajstić information content (AvgIpc) is 4.02. The maximum atomic E-state index is 9.89. The summed E-state index contributed by atoms with van der Waals surface area (Å²) in [5, 5.41) is 5.39. The molecule has 0 atom stereocenters. The minimum atomic E-state index is -0.683. The number of aromatic nitrogens is 1. The molecule has 0 bridgehead atoms. The molecule has 2 aromatic heterocycles. The van der Waals surface area contributed by atoms with Gasteiger partial charge in [0.1, 0.15) is 11.2 Å². The minimum Gasteiger partial charge on any atom is -0.455 e. The maximum absolute atomic E-state index is 9.89. The first-order valence-corrected chi connectivity index (χ1v) is 21.4. The molecule has 0 radical (unpaired) electrons. The minimum absolute atomic E-state index is 0.143. The number of rotatable bonds is 7. The van der Waals surface area contributed by atoms with Crippen molar-refractivity contribution in [1.82, 2.24) is 4.57 Å². The highest BCUT2D eigenvalue weighted by atomic mass is 16.3. The molecule has 0 aliphatic carbocycles. The number of benzene rings is 11. The predicted octanol–water partition coefficient (Wildman–Crippen LogP) is 17.5. The van der Waals surface area contributed by atoms with Gasteiger partial charge in [-0.25, -0.2) is 0 Å². The number of anilines is 3. The van der Waals surface area contributed by atoms with Crippen LogP contribution in [0.25, 0.3) is 104 Å². The zero-order chi connectivity index (χ0) is 52.4. The van der Waals surface area contributed by atoms with Gasteiger partial charge in [0.2, 0.25) is 0 Å². The van der Waals surface area contributed by atoms with Crippen molar-refractivity contribution in [1.29, 1.82) is 0 Å². The van der Waals surface area contributed by atoms with Gasteiger partial charge in [-0.05, 0) is 99.0 Å². The molecule has 0 spiro atoms. The zero-order valence-electron chi connectivity index (χ0n) is 45.5. The Kier molecular flexibility index (Phi) is 6.33. The van der Waals surface area contributed by atoms with Crippen LogP contribution in [0.1, 0.15) is 15.1 Å². The molecule has 0 fully saturated rings. The first kappa shape index (κ1) is 27.4. The van der Waals surface area contributed by atoms with E-state index in [2.05, 4.69) is 53.1 Å². The summed E-state index contributed by atoms with van der Waals surface area (Å²) in [6.07, 6.45) is 0. The highest BCUT2D eigenvalue weighted by Crippen LogP contribution is 2.46. The largest absolute Gasteiger partial charge is 0.455 e. The van der Waals surface area contributed by atoms with E-state index in [4.69, 9.17) is 14.0 Å². The SMILES string of the molecule is [2H]c1c([2H])c(N(c2ccc(-c3cccc(-n4c5ccccc5c5ccccc54)c3)cc2)c2ccccc2-c2cccc3c2oc2c4ccccc4ccc32)c([2H])c([2H])c1-c1c([2H])c([2H])c([2H])c2c([2H])c([2H])c([2H])c([2H])c12. The van der Waals surface area contributed by atoms with Crippen molar-refractivity contribution in [2.75, 3.05) is 4.90 Å². The molecular formula is C62H40N2O. The summed E-state index contributed by atoms with van der Waals surface area (Å²) in [5.74, 6) is 0. The summed E-state index contributed by atoms with van der Waals surface area (Å²) in [5.41, 5.74) is 7.63. The Hall–Kier alpha value is -8.66. The van der Waals surface area contributed by atoms with E-state index >= 15 is 0 Å². The Balaban J connectivity index is 1.03. The molecule has 3 heteroatoms. The van der Waals surface area contributed by atoms with E-state index in [1.807, 2.05) is 127 Å². The van der Waals surface area contributed by atoms with E-state index < -0.39 is 77.6 Å². The number of furan rings is 1. The van der Waals surface area contributed by atoms with E-state index in [1.54, 1.807) is 4.90 Å². The molecule has 0 amide bonds. The van der Waals surface area contributed by atoms with Crippen LogP contribution in [0.4, 0.5) is 17.1 Å². The Bertz CT molecular complexity index is 4530. The number of hydrogen-bond donors (Lipinski definition) is 0. The van der Waals surface area contributed by atoms with Crippen molar-refractivity contribution in [2.45, 2.75) is 0 Å². The van der Waals surface area contributed by atoms with Crippen LogP contribution >= 0.6 is 0 Å². The van der Waals surface area contributed by atoms with Gasteiger partial charge >= 0.3 is 0 Å². The Labute approximate surface area is 391 Å².